The molecule has 0 aliphatic heterocycles. The van der Waals surface area contributed by atoms with Crippen LogP contribution in [0.2, 0.25) is 25.2 Å². The molecule has 4 rings (SSSR count). The van der Waals surface area contributed by atoms with Gasteiger partial charge < -0.3 is 0 Å². The van der Waals surface area contributed by atoms with Crippen molar-refractivity contribution in [3.05, 3.63) is 95.6 Å². The Morgan fingerprint density at radius 2 is 0.909 bits per heavy atom. The number of hydrogen-bond donors (Lipinski definition) is 0. The molecule has 33 heavy (non-hydrogen) atoms. The number of pyridine rings is 4. The summed E-state index contributed by atoms with van der Waals surface area (Å²) in [5, 5.41) is 0. The van der Waals surface area contributed by atoms with Crippen molar-refractivity contribution >= 4 is 8.07 Å². The molecule has 0 amide bonds. The molecule has 5 heteroatoms. The predicted molar refractivity (Wildman–Crippen MR) is 139 cm³/mol. The van der Waals surface area contributed by atoms with E-state index < -0.39 is 8.07 Å². The summed E-state index contributed by atoms with van der Waals surface area (Å²) in [6.45, 7) is 9.18. The Morgan fingerprint density at radius 1 is 0.545 bits per heavy atom. The third-order valence-corrected chi connectivity index (χ3v) is 9.39. The Hall–Kier alpha value is -3.18. The Labute approximate surface area is 198 Å². The van der Waals surface area contributed by atoms with Gasteiger partial charge in [0, 0.05) is 32.9 Å². The van der Waals surface area contributed by atoms with Crippen LogP contribution in [0, 0.1) is 13.8 Å². The van der Waals surface area contributed by atoms with Crippen LogP contribution in [-0.2, 0) is 12.8 Å². The van der Waals surface area contributed by atoms with Crippen molar-refractivity contribution in [1.82, 2.24) is 19.9 Å². The predicted octanol–water partition coefficient (Wildman–Crippen LogP) is 6.71. The van der Waals surface area contributed by atoms with Crippen LogP contribution in [-0.4, -0.2) is 28.0 Å². The summed E-state index contributed by atoms with van der Waals surface area (Å²) < 4.78 is 0. The molecular formula is C28H32N4Si. The van der Waals surface area contributed by atoms with Gasteiger partial charge in [0.1, 0.15) is 0 Å². The molecule has 0 saturated heterocycles. The maximum absolute atomic E-state index is 4.55. The molecule has 168 valence electrons. The van der Waals surface area contributed by atoms with E-state index in [1.807, 2.05) is 36.9 Å². The lowest BCUT2D eigenvalue weighted by Gasteiger charge is -2.22. The van der Waals surface area contributed by atoms with Crippen molar-refractivity contribution in [1.29, 1.82) is 0 Å². The molecular weight excluding hydrogens is 420 g/mol. The van der Waals surface area contributed by atoms with Gasteiger partial charge in [-0.05, 0) is 97.5 Å². The molecule has 0 radical (unpaired) electrons. The Kier molecular flexibility index (Phi) is 7.09. The van der Waals surface area contributed by atoms with Crippen LogP contribution in [0.1, 0.15) is 22.3 Å². The molecule has 4 nitrogen and oxygen atoms in total. The third-order valence-electron chi connectivity index (χ3n) is 6.19. The second-order valence-corrected chi connectivity index (χ2v) is 15.0. The molecule has 0 aliphatic carbocycles. The van der Waals surface area contributed by atoms with Gasteiger partial charge in [-0.2, -0.15) is 0 Å². The largest absolute Gasteiger partial charge is 0.255 e. The zero-order chi connectivity index (χ0) is 23.3. The Balaban J connectivity index is 1.37. The highest BCUT2D eigenvalue weighted by atomic mass is 28.3. The van der Waals surface area contributed by atoms with Gasteiger partial charge in [0.2, 0.25) is 0 Å². The van der Waals surface area contributed by atoms with Crippen LogP contribution in [0.15, 0.2) is 73.3 Å². The van der Waals surface area contributed by atoms with Gasteiger partial charge in [-0.15, -0.1) is 0 Å². The minimum atomic E-state index is -1.35. The molecule has 0 fully saturated rings. The molecule has 0 saturated carbocycles. The number of hydrogen-bond acceptors (Lipinski definition) is 4. The molecule has 4 aromatic heterocycles. The normalized spacial score (nSPS) is 11.5. The van der Waals surface area contributed by atoms with Gasteiger partial charge in [0.25, 0.3) is 0 Å². The van der Waals surface area contributed by atoms with Gasteiger partial charge in [0.15, 0.2) is 0 Å². The molecule has 0 bridgehead atoms. The van der Waals surface area contributed by atoms with Crippen molar-refractivity contribution in [2.24, 2.45) is 0 Å². The van der Waals surface area contributed by atoms with E-state index in [9.17, 15) is 0 Å². The monoisotopic (exact) mass is 452 g/mol. The summed E-state index contributed by atoms with van der Waals surface area (Å²) in [6, 6.07) is 19.5. The first-order chi connectivity index (χ1) is 15.9. The van der Waals surface area contributed by atoms with Gasteiger partial charge >= 0.3 is 0 Å². The maximum Gasteiger partial charge on any atom is 0.0888 e. The van der Waals surface area contributed by atoms with Gasteiger partial charge in [-0.25, -0.2) is 0 Å². The highest BCUT2D eigenvalue weighted by Crippen LogP contribution is 2.24. The Bertz CT molecular complexity index is 1140. The molecule has 0 spiro atoms. The van der Waals surface area contributed by atoms with Crippen LogP contribution < -0.4 is 0 Å². The average Bonchev–Trinajstić information content (AvgIpc) is 2.82. The van der Waals surface area contributed by atoms with E-state index in [1.165, 1.54) is 34.3 Å². The Morgan fingerprint density at radius 3 is 1.30 bits per heavy atom. The van der Waals surface area contributed by atoms with Crippen LogP contribution in [0.5, 0.6) is 0 Å². The smallest absolute Gasteiger partial charge is 0.0888 e. The summed E-state index contributed by atoms with van der Waals surface area (Å²) in [5.41, 5.74) is 8.93. The van der Waals surface area contributed by atoms with Crippen LogP contribution in [0.25, 0.3) is 22.8 Å². The van der Waals surface area contributed by atoms with Crippen molar-refractivity contribution in [3.8, 4) is 22.8 Å². The lowest BCUT2D eigenvalue weighted by atomic mass is 10.1. The highest BCUT2D eigenvalue weighted by molar-refractivity contribution is 6.77. The van der Waals surface area contributed by atoms with Gasteiger partial charge in [0.05, 0.1) is 22.8 Å². The van der Waals surface area contributed by atoms with Crippen molar-refractivity contribution in [2.75, 3.05) is 0 Å². The van der Waals surface area contributed by atoms with Crippen molar-refractivity contribution in [3.63, 3.8) is 0 Å². The first kappa shape index (κ1) is 23.0. The number of rotatable bonds is 8. The van der Waals surface area contributed by atoms with E-state index in [0.717, 1.165) is 35.6 Å². The quantitative estimate of drug-likeness (QED) is 0.279. The molecule has 0 aliphatic rings. The van der Waals surface area contributed by atoms with Gasteiger partial charge in [-0.3, -0.25) is 19.9 Å². The molecule has 0 aromatic carbocycles. The minimum Gasteiger partial charge on any atom is -0.255 e. The maximum atomic E-state index is 4.55. The zero-order valence-corrected chi connectivity index (χ0v) is 21.0. The number of aromatic nitrogens is 4. The van der Waals surface area contributed by atoms with E-state index >= 15 is 0 Å². The summed E-state index contributed by atoms with van der Waals surface area (Å²) in [7, 11) is -1.35. The lowest BCUT2D eigenvalue weighted by molar-refractivity contribution is 1.02. The third kappa shape index (κ3) is 6.42. The first-order valence-corrected chi connectivity index (χ1v) is 15.1. The number of aryl methyl sites for hydroxylation is 4. The lowest BCUT2D eigenvalue weighted by Crippen LogP contribution is -2.26. The van der Waals surface area contributed by atoms with E-state index in [-0.39, 0.29) is 0 Å². The van der Waals surface area contributed by atoms with Crippen LogP contribution in [0.4, 0.5) is 0 Å². The molecule has 0 N–H and O–H groups in total. The van der Waals surface area contributed by atoms with E-state index in [2.05, 4.69) is 83.3 Å². The van der Waals surface area contributed by atoms with E-state index in [1.54, 1.807) is 0 Å². The standard InChI is InChI=1S/C28H32N4Si/c1-21-5-11-29-25(17-21)27-19-23(7-13-31-27)9-15-33(3,4)16-10-24-8-14-32-28(20-24)26-18-22(2)6-12-30-26/h5-8,11-14,17-20H,9-10,15-16H2,1-4H3. The summed E-state index contributed by atoms with van der Waals surface area (Å²) in [6.07, 6.45) is 9.73. The SMILES string of the molecule is Cc1ccnc(-c2cc(CC[Si](C)(C)CCc3ccnc(-c4cc(C)ccn4)c3)ccn2)c1. The van der Waals surface area contributed by atoms with Crippen molar-refractivity contribution in [2.45, 2.75) is 51.9 Å². The fourth-order valence-corrected chi connectivity index (χ4v) is 6.16. The fraction of sp³-hybridized carbons (Fsp3) is 0.286. The topological polar surface area (TPSA) is 51.6 Å². The average molecular weight is 453 g/mol. The van der Waals surface area contributed by atoms with Crippen molar-refractivity contribution < 1.29 is 0 Å². The molecule has 0 unspecified atom stereocenters. The summed E-state index contributed by atoms with van der Waals surface area (Å²) in [5.74, 6) is 0. The molecule has 4 aromatic rings. The van der Waals surface area contributed by atoms with Crippen LogP contribution in [0.3, 0.4) is 0 Å². The highest BCUT2D eigenvalue weighted by Gasteiger charge is 2.20. The second kappa shape index (κ2) is 10.2. The van der Waals surface area contributed by atoms with E-state index in [4.69, 9.17) is 0 Å². The second-order valence-electron chi connectivity index (χ2n) is 9.70. The molecule has 4 heterocycles. The first-order valence-electron chi connectivity index (χ1n) is 11.6. The summed E-state index contributed by atoms with van der Waals surface area (Å²) >= 11 is 0. The summed E-state index contributed by atoms with van der Waals surface area (Å²) in [4.78, 5) is 18.1. The van der Waals surface area contributed by atoms with E-state index in [0.29, 0.717) is 0 Å². The number of nitrogens with zero attached hydrogens (tertiary/aromatic N) is 4. The van der Waals surface area contributed by atoms with Crippen LogP contribution >= 0.6 is 0 Å². The fourth-order valence-electron chi connectivity index (χ4n) is 3.98. The minimum absolute atomic E-state index is 0.949. The zero-order valence-electron chi connectivity index (χ0n) is 20.0. The van der Waals surface area contributed by atoms with Gasteiger partial charge in [-0.1, -0.05) is 25.2 Å². The molecule has 0 atom stereocenters.